The molecule has 1 amide bonds. The van der Waals surface area contributed by atoms with Crippen LogP contribution in [0.25, 0.3) is 0 Å². The van der Waals surface area contributed by atoms with Gasteiger partial charge in [-0.25, -0.2) is 0 Å². The summed E-state index contributed by atoms with van der Waals surface area (Å²) in [6.45, 7) is 11.2. The van der Waals surface area contributed by atoms with Crippen LogP contribution in [-0.2, 0) is 9.53 Å². The van der Waals surface area contributed by atoms with Gasteiger partial charge < -0.3 is 15.2 Å². The molecule has 0 aromatic carbocycles. The standard InChI is InChI=1S/C13H26N2O3/c1-5-15-6-7-18-10(9-15)12(17)14-8-11(16)13(2,3)4/h10-11,16H,5-9H2,1-4H3,(H,14,17). The molecule has 1 rings (SSSR count). The number of likely N-dealkylation sites (N-methyl/N-ethyl adjacent to an activating group) is 1. The van der Waals surface area contributed by atoms with Gasteiger partial charge in [0.25, 0.3) is 5.91 Å². The van der Waals surface area contributed by atoms with Crippen molar-refractivity contribution >= 4 is 5.91 Å². The van der Waals surface area contributed by atoms with E-state index in [1.54, 1.807) is 0 Å². The Balaban J connectivity index is 2.36. The Kier molecular flexibility index (Phi) is 5.56. The largest absolute Gasteiger partial charge is 0.391 e. The Morgan fingerprint density at radius 1 is 1.56 bits per heavy atom. The molecule has 2 atom stereocenters. The lowest BCUT2D eigenvalue weighted by Gasteiger charge is -2.32. The summed E-state index contributed by atoms with van der Waals surface area (Å²) in [6.07, 6.45) is -0.960. The van der Waals surface area contributed by atoms with E-state index in [9.17, 15) is 9.90 Å². The maximum atomic E-state index is 11.9. The molecular weight excluding hydrogens is 232 g/mol. The van der Waals surface area contributed by atoms with Crippen molar-refractivity contribution in [3.63, 3.8) is 0 Å². The van der Waals surface area contributed by atoms with Crippen LogP contribution in [0.15, 0.2) is 0 Å². The number of hydrogen-bond acceptors (Lipinski definition) is 4. The second kappa shape index (κ2) is 6.50. The first kappa shape index (κ1) is 15.4. The normalized spacial score (nSPS) is 23.7. The molecule has 0 aromatic heterocycles. The van der Waals surface area contributed by atoms with Crippen LogP contribution in [0.2, 0.25) is 0 Å². The molecular formula is C13H26N2O3. The highest BCUT2D eigenvalue weighted by Gasteiger charge is 2.28. The van der Waals surface area contributed by atoms with Gasteiger partial charge in [0.05, 0.1) is 12.7 Å². The number of nitrogens with zero attached hydrogens (tertiary/aromatic N) is 1. The fourth-order valence-electron chi connectivity index (χ4n) is 1.77. The highest BCUT2D eigenvalue weighted by atomic mass is 16.5. The van der Waals surface area contributed by atoms with Gasteiger partial charge in [0.2, 0.25) is 0 Å². The summed E-state index contributed by atoms with van der Waals surface area (Å²) in [5.41, 5.74) is -0.226. The minimum absolute atomic E-state index is 0.128. The number of ether oxygens (including phenoxy) is 1. The summed E-state index contributed by atoms with van der Waals surface area (Å²) >= 11 is 0. The number of rotatable bonds is 4. The number of hydrogen-bond donors (Lipinski definition) is 2. The van der Waals surface area contributed by atoms with Gasteiger partial charge >= 0.3 is 0 Å². The van der Waals surface area contributed by atoms with E-state index in [4.69, 9.17) is 4.74 Å². The number of nitrogens with one attached hydrogen (secondary N) is 1. The van der Waals surface area contributed by atoms with E-state index in [1.807, 2.05) is 20.8 Å². The second-order valence-corrected chi connectivity index (χ2v) is 5.88. The quantitative estimate of drug-likeness (QED) is 0.758. The predicted molar refractivity (Wildman–Crippen MR) is 70.3 cm³/mol. The molecule has 0 radical (unpaired) electrons. The SMILES string of the molecule is CCN1CCOC(C(=O)NCC(O)C(C)(C)C)C1. The Morgan fingerprint density at radius 2 is 2.22 bits per heavy atom. The smallest absolute Gasteiger partial charge is 0.250 e. The van der Waals surface area contributed by atoms with Crippen molar-refractivity contribution in [3.8, 4) is 0 Å². The minimum Gasteiger partial charge on any atom is -0.391 e. The van der Waals surface area contributed by atoms with E-state index in [1.165, 1.54) is 0 Å². The van der Waals surface area contributed by atoms with Crippen LogP contribution in [0.5, 0.6) is 0 Å². The van der Waals surface area contributed by atoms with Crippen molar-refractivity contribution in [2.45, 2.75) is 39.9 Å². The van der Waals surface area contributed by atoms with Crippen molar-refractivity contribution < 1.29 is 14.6 Å². The van der Waals surface area contributed by atoms with Gasteiger partial charge in [0.15, 0.2) is 0 Å². The van der Waals surface area contributed by atoms with E-state index in [2.05, 4.69) is 17.1 Å². The van der Waals surface area contributed by atoms with Gasteiger partial charge in [-0.05, 0) is 12.0 Å². The Bertz CT molecular complexity index is 276. The van der Waals surface area contributed by atoms with Crippen LogP contribution in [0, 0.1) is 5.41 Å². The average Bonchev–Trinajstić information content (AvgIpc) is 2.34. The Hall–Kier alpha value is -0.650. The monoisotopic (exact) mass is 258 g/mol. The van der Waals surface area contributed by atoms with E-state index >= 15 is 0 Å². The molecule has 5 heteroatoms. The lowest BCUT2D eigenvalue weighted by molar-refractivity contribution is -0.139. The number of carbonyl (C=O) groups excluding carboxylic acids is 1. The zero-order chi connectivity index (χ0) is 13.8. The number of aliphatic hydroxyl groups is 1. The lowest BCUT2D eigenvalue weighted by Crippen LogP contribution is -2.51. The predicted octanol–water partition coefficient (Wildman–Crippen LogP) is 0.230. The number of carbonyl (C=O) groups is 1. The van der Waals surface area contributed by atoms with E-state index in [-0.39, 0.29) is 17.9 Å². The molecule has 1 aliphatic rings. The Labute approximate surface area is 109 Å². The van der Waals surface area contributed by atoms with Gasteiger partial charge in [-0.2, -0.15) is 0 Å². The van der Waals surface area contributed by atoms with Crippen molar-refractivity contribution in [2.24, 2.45) is 5.41 Å². The number of amides is 1. The van der Waals surface area contributed by atoms with Gasteiger partial charge in [-0.1, -0.05) is 27.7 Å². The van der Waals surface area contributed by atoms with Crippen molar-refractivity contribution in [3.05, 3.63) is 0 Å². The third kappa shape index (κ3) is 4.55. The first-order chi connectivity index (χ1) is 8.34. The lowest BCUT2D eigenvalue weighted by atomic mass is 9.89. The van der Waals surface area contributed by atoms with Crippen LogP contribution < -0.4 is 5.32 Å². The summed E-state index contributed by atoms with van der Waals surface area (Å²) in [5, 5.41) is 12.6. The van der Waals surface area contributed by atoms with Crippen molar-refractivity contribution in [1.29, 1.82) is 0 Å². The fraction of sp³-hybridized carbons (Fsp3) is 0.923. The van der Waals surface area contributed by atoms with E-state index in [0.29, 0.717) is 13.2 Å². The van der Waals surface area contributed by atoms with Crippen molar-refractivity contribution in [2.75, 3.05) is 32.8 Å². The molecule has 0 aliphatic carbocycles. The molecule has 2 unspecified atom stereocenters. The van der Waals surface area contributed by atoms with E-state index in [0.717, 1.165) is 13.1 Å². The molecule has 5 nitrogen and oxygen atoms in total. The zero-order valence-electron chi connectivity index (χ0n) is 11.9. The topological polar surface area (TPSA) is 61.8 Å². The molecule has 0 bridgehead atoms. The molecule has 0 saturated carbocycles. The van der Waals surface area contributed by atoms with Gasteiger partial charge in [-0.3, -0.25) is 9.69 Å². The van der Waals surface area contributed by atoms with Crippen LogP contribution in [0.1, 0.15) is 27.7 Å². The maximum Gasteiger partial charge on any atom is 0.250 e. The zero-order valence-corrected chi connectivity index (χ0v) is 11.9. The first-order valence-electron chi connectivity index (χ1n) is 6.64. The summed E-state index contributed by atoms with van der Waals surface area (Å²) < 4.78 is 5.45. The summed E-state index contributed by atoms with van der Waals surface area (Å²) in [6, 6.07) is 0. The molecule has 0 aromatic rings. The third-order valence-electron chi connectivity index (χ3n) is 3.36. The number of morpholine rings is 1. The van der Waals surface area contributed by atoms with Gasteiger partial charge in [0.1, 0.15) is 6.10 Å². The molecule has 1 aliphatic heterocycles. The van der Waals surface area contributed by atoms with Gasteiger partial charge in [-0.15, -0.1) is 0 Å². The van der Waals surface area contributed by atoms with Gasteiger partial charge in [0, 0.05) is 19.6 Å². The average molecular weight is 258 g/mol. The number of aliphatic hydroxyl groups excluding tert-OH is 1. The van der Waals surface area contributed by atoms with E-state index < -0.39 is 12.2 Å². The summed E-state index contributed by atoms with van der Waals surface area (Å²) in [5.74, 6) is -0.128. The summed E-state index contributed by atoms with van der Waals surface area (Å²) in [7, 11) is 0. The molecule has 1 heterocycles. The van der Waals surface area contributed by atoms with Crippen LogP contribution in [0.4, 0.5) is 0 Å². The molecule has 18 heavy (non-hydrogen) atoms. The Morgan fingerprint density at radius 3 is 2.78 bits per heavy atom. The third-order valence-corrected chi connectivity index (χ3v) is 3.36. The highest BCUT2D eigenvalue weighted by Crippen LogP contribution is 2.18. The molecule has 1 saturated heterocycles. The fourth-order valence-corrected chi connectivity index (χ4v) is 1.77. The maximum absolute atomic E-state index is 11.9. The molecule has 106 valence electrons. The van der Waals surface area contributed by atoms with Crippen LogP contribution >= 0.6 is 0 Å². The van der Waals surface area contributed by atoms with Crippen LogP contribution in [0.3, 0.4) is 0 Å². The summed E-state index contributed by atoms with van der Waals surface area (Å²) in [4.78, 5) is 14.1. The second-order valence-electron chi connectivity index (χ2n) is 5.88. The van der Waals surface area contributed by atoms with Crippen molar-refractivity contribution in [1.82, 2.24) is 10.2 Å². The minimum atomic E-state index is -0.549. The molecule has 2 N–H and O–H groups in total. The molecule has 1 fully saturated rings. The highest BCUT2D eigenvalue weighted by molar-refractivity contribution is 5.81. The molecule has 0 spiro atoms. The van der Waals surface area contributed by atoms with Crippen LogP contribution in [-0.4, -0.2) is 60.9 Å². The first-order valence-corrected chi connectivity index (χ1v) is 6.64.